The van der Waals surface area contributed by atoms with Gasteiger partial charge in [0.25, 0.3) is 0 Å². The van der Waals surface area contributed by atoms with Crippen molar-refractivity contribution in [3.63, 3.8) is 0 Å². The molecular formula is C27H26FN5O. The third-order valence-electron chi connectivity index (χ3n) is 6.14. The summed E-state index contributed by atoms with van der Waals surface area (Å²) < 4.78 is 14.6. The smallest absolute Gasteiger partial charge is 0.248 e. The highest BCUT2D eigenvalue weighted by atomic mass is 19.1. The van der Waals surface area contributed by atoms with Gasteiger partial charge in [0.05, 0.1) is 23.0 Å². The van der Waals surface area contributed by atoms with E-state index >= 15 is 0 Å². The van der Waals surface area contributed by atoms with Gasteiger partial charge in [-0.25, -0.2) is 9.37 Å². The third-order valence-corrected chi connectivity index (χ3v) is 6.14. The van der Waals surface area contributed by atoms with Gasteiger partial charge in [-0.3, -0.25) is 14.7 Å². The summed E-state index contributed by atoms with van der Waals surface area (Å²) in [5, 5.41) is 2.64. The quantitative estimate of drug-likeness (QED) is 0.382. The second-order valence-electron chi connectivity index (χ2n) is 8.57. The molecule has 2 N–H and O–H groups in total. The Kier molecular flexibility index (Phi) is 6.44. The minimum Gasteiger partial charge on any atom is -0.345 e. The van der Waals surface area contributed by atoms with E-state index in [9.17, 15) is 9.18 Å². The summed E-state index contributed by atoms with van der Waals surface area (Å²) in [4.78, 5) is 26.4. The van der Waals surface area contributed by atoms with Crippen molar-refractivity contribution in [2.24, 2.45) is 0 Å². The lowest BCUT2D eigenvalue weighted by atomic mass is 10.0. The average Bonchev–Trinajstić information content (AvgIpc) is 3.33. The van der Waals surface area contributed by atoms with Crippen LogP contribution in [-0.2, 0) is 11.3 Å². The molecule has 1 saturated heterocycles. The van der Waals surface area contributed by atoms with Crippen LogP contribution in [0.1, 0.15) is 30.4 Å². The van der Waals surface area contributed by atoms with Crippen molar-refractivity contribution in [2.75, 3.05) is 18.4 Å². The van der Waals surface area contributed by atoms with Crippen LogP contribution in [0.3, 0.4) is 0 Å². The monoisotopic (exact) mass is 455 g/mol. The molecule has 2 aromatic carbocycles. The number of piperidine rings is 1. The number of nitrogens with zero attached hydrogens (tertiary/aromatic N) is 3. The number of nitrogens with one attached hydrogen (secondary N) is 2. The average molecular weight is 456 g/mol. The number of imidazole rings is 1. The number of likely N-dealkylation sites (tertiary alicyclic amines) is 1. The number of carbonyl (C=O) groups excluding carboxylic acids is 1. The maximum absolute atomic E-state index is 14.6. The number of carbonyl (C=O) groups is 1. The number of H-pyrrole nitrogens is 1. The predicted molar refractivity (Wildman–Crippen MR) is 133 cm³/mol. The number of fused-ring (bicyclic) bond motifs is 1. The fourth-order valence-corrected chi connectivity index (χ4v) is 4.38. The van der Waals surface area contributed by atoms with Crippen LogP contribution in [0.15, 0.2) is 67.3 Å². The highest BCUT2D eigenvalue weighted by Crippen LogP contribution is 2.26. The van der Waals surface area contributed by atoms with Gasteiger partial charge in [-0.15, -0.1) is 0 Å². The Balaban J connectivity index is 1.28. The van der Waals surface area contributed by atoms with Gasteiger partial charge in [0.2, 0.25) is 5.91 Å². The number of hydrogen-bond donors (Lipinski definition) is 2. The molecule has 1 fully saturated rings. The molecular weight excluding hydrogens is 429 g/mol. The lowest BCUT2D eigenvalue weighted by Crippen LogP contribution is -2.29. The van der Waals surface area contributed by atoms with Crippen LogP contribution in [0, 0.1) is 5.82 Å². The second kappa shape index (κ2) is 9.97. The standard InChI is InChI=1S/C27H26FN5O/c28-23-14-19(17-33-12-2-1-3-13-33)4-7-24(23)32-27(34)9-6-21-16-29-11-10-22(21)20-5-8-25-26(15-20)31-18-30-25/h4-11,14-16,18H,1-3,12-13,17H2,(H,30,31)(H,32,34)/b9-6+. The van der Waals surface area contributed by atoms with E-state index in [2.05, 4.69) is 25.2 Å². The van der Waals surface area contributed by atoms with Gasteiger partial charge in [-0.2, -0.15) is 0 Å². The number of halogens is 1. The molecule has 2 aromatic heterocycles. The van der Waals surface area contributed by atoms with Gasteiger partial charge in [0.15, 0.2) is 0 Å². The molecule has 3 heterocycles. The van der Waals surface area contributed by atoms with Crippen LogP contribution in [0.5, 0.6) is 0 Å². The molecule has 1 aliphatic heterocycles. The molecule has 7 heteroatoms. The molecule has 0 unspecified atom stereocenters. The van der Waals surface area contributed by atoms with Gasteiger partial charge in [0.1, 0.15) is 5.82 Å². The first kappa shape index (κ1) is 22.0. The summed E-state index contributed by atoms with van der Waals surface area (Å²) in [6.45, 7) is 2.84. The summed E-state index contributed by atoms with van der Waals surface area (Å²) in [7, 11) is 0. The highest BCUT2D eigenvalue weighted by molar-refractivity contribution is 6.02. The third kappa shape index (κ3) is 5.05. The van der Waals surface area contributed by atoms with Crippen LogP contribution < -0.4 is 5.32 Å². The summed E-state index contributed by atoms with van der Waals surface area (Å²) in [6, 6.07) is 12.9. The van der Waals surface area contributed by atoms with Crippen molar-refractivity contribution in [3.05, 3.63) is 84.2 Å². The molecule has 0 radical (unpaired) electrons. The van der Waals surface area contributed by atoms with Crippen molar-refractivity contribution in [1.82, 2.24) is 19.9 Å². The fourth-order valence-electron chi connectivity index (χ4n) is 4.38. The van der Waals surface area contributed by atoms with Crippen molar-refractivity contribution in [2.45, 2.75) is 25.8 Å². The number of amides is 1. The maximum Gasteiger partial charge on any atom is 0.248 e. The fraction of sp³-hybridized carbons (Fsp3) is 0.222. The molecule has 0 spiro atoms. The van der Waals surface area contributed by atoms with E-state index in [1.807, 2.05) is 30.3 Å². The molecule has 0 aliphatic carbocycles. The van der Waals surface area contributed by atoms with Crippen LogP contribution in [-0.4, -0.2) is 38.8 Å². The van der Waals surface area contributed by atoms with E-state index in [1.54, 1.807) is 30.9 Å². The zero-order valence-corrected chi connectivity index (χ0v) is 18.8. The van der Waals surface area contributed by atoms with E-state index in [0.717, 1.165) is 52.9 Å². The lowest BCUT2D eigenvalue weighted by molar-refractivity contribution is -0.111. The Labute approximate surface area is 197 Å². The molecule has 34 heavy (non-hydrogen) atoms. The maximum atomic E-state index is 14.6. The van der Waals surface area contributed by atoms with Crippen molar-refractivity contribution < 1.29 is 9.18 Å². The number of aromatic nitrogens is 3. The van der Waals surface area contributed by atoms with Gasteiger partial charge in [-0.05, 0) is 79.0 Å². The Bertz CT molecular complexity index is 1340. The predicted octanol–water partition coefficient (Wildman–Crippen LogP) is 5.40. The Morgan fingerprint density at radius 1 is 1.12 bits per heavy atom. The minimum atomic E-state index is -0.425. The van der Waals surface area contributed by atoms with Crippen molar-refractivity contribution >= 4 is 28.7 Å². The van der Waals surface area contributed by atoms with Gasteiger partial charge >= 0.3 is 0 Å². The van der Waals surface area contributed by atoms with Gasteiger partial charge in [0, 0.05) is 30.6 Å². The number of hydrogen-bond acceptors (Lipinski definition) is 4. The minimum absolute atomic E-state index is 0.174. The van der Waals surface area contributed by atoms with E-state index in [4.69, 9.17) is 0 Å². The zero-order valence-electron chi connectivity index (χ0n) is 18.8. The van der Waals surface area contributed by atoms with E-state index < -0.39 is 11.7 Å². The largest absolute Gasteiger partial charge is 0.345 e. The summed E-state index contributed by atoms with van der Waals surface area (Å²) in [6.07, 6.45) is 11.8. The summed E-state index contributed by atoms with van der Waals surface area (Å²) in [5.74, 6) is -0.826. The second-order valence-corrected chi connectivity index (χ2v) is 8.57. The number of benzene rings is 2. The highest BCUT2D eigenvalue weighted by Gasteiger charge is 2.12. The lowest BCUT2D eigenvalue weighted by Gasteiger charge is -2.26. The first-order valence-electron chi connectivity index (χ1n) is 11.5. The Hall–Kier alpha value is -3.84. The van der Waals surface area contributed by atoms with Crippen LogP contribution >= 0.6 is 0 Å². The summed E-state index contributed by atoms with van der Waals surface area (Å²) >= 11 is 0. The molecule has 0 saturated carbocycles. The zero-order chi connectivity index (χ0) is 23.3. The normalized spacial score (nSPS) is 14.6. The number of pyridine rings is 1. The van der Waals surface area contributed by atoms with Crippen molar-refractivity contribution in [3.8, 4) is 11.1 Å². The van der Waals surface area contributed by atoms with E-state index in [-0.39, 0.29) is 5.69 Å². The van der Waals surface area contributed by atoms with E-state index in [1.165, 1.54) is 31.4 Å². The molecule has 1 amide bonds. The molecule has 172 valence electrons. The number of aromatic amines is 1. The van der Waals surface area contributed by atoms with Crippen molar-refractivity contribution in [1.29, 1.82) is 0 Å². The number of rotatable bonds is 6. The van der Waals surface area contributed by atoms with Crippen LogP contribution in [0.4, 0.5) is 10.1 Å². The molecule has 5 rings (SSSR count). The molecule has 1 aliphatic rings. The molecule has 6 nitrogen and oxygen atoms in total. The molecule has 0 bridgehead atoms. The SMILES string of the molecule is O=C(/C=C/c1cnccc1-c1ccc2nc[nH]c2c1)Nc1ccc(CN2CCCCC2)cc1F. The van der Waals surface area contributed by atoms with E-state index in [0.29, 0.717) is 0 Å². The Morgan fingerprint density at radius 3 is 2.85 bits per heavy atom. The van der Waals surface area contributed by atoms with Gasteiger partial charge < -0.3 is 10.3 Å². The topological polar surface area (TPSA) is 73.9 Å². The first-order chi connectivity index (χ1) is 16.7. The van der Waals surface area contributed by atoms with Gasteiger partial charge in [-0.1, -0.05) is 18.6 Å². The first-order valence-corrected chi connectivity index (χ1v) is 11.5. The molecule has 0 atom stereocenters. The Morgan fingerprint density at radius 2 is 2.00 bits per heavy atom. The molecule has 4 aromatic rings. The van der Waals surface area contributed by atoms with Crippen LogP contribution in [0.25, 0.3) is 28.2 Å². The van der Waals surface area contributed by atoms with Crippen LogP contribution in [0.2, 0.25) is 0 Å². The summed E-state index contributed by atoms with van der Waals surface area (Å²) in [5.41, 5.74) is 5.61. The number of anilines is 1.